The van der Waals surface area contributed by atoms with Gasteiger partial charge in [0.05, 0.1) is 13.2 Å². The molecule has 0 atom stereocenters. The number of rotatable bonds is 5. The van der Waals surface area contributed by atoms with Crippen molar-refractivity contribution in [1.29, 1.82) is 0 Å². The molecule has 68 valence electrons. The Labute approximate surface area is 71.7 Å². The summed E-state index contributed by atoms with van der Waals surface area (Å²) < 4.78 is 17.3. The van der Waals surface area contributed by atoms with Crippen LogP contribution < -0.4 is 0 Å². The van der Waals surface area contributed by atoms with Crippen molar-refractivity contribution in [2.24, 2.45) is 0 Å². The highest BCUT2D eigenvalue weighted by Crippen LogP contribution is 2.03. The number of aliphatic hydroxyl groups excluding tert-OH is 1. The molecule has 0 unspecified atom stereocenters. The standard InChI is InChI=1S/C9H13FO2/c1-3-4-8(6-11)5-9(10)7-12-2/h3-5,11H,1,6-7H2,2H3/b8-4+,9-5+. The summed E-state index contributed by atoms with van der Waals surface area (Å²) in [6.07, 6.45) is 4.25. The van der Waals surface area contributed by atoms with E-state index in [0.717, 1.165) is 0 Å². The Morgan fingerprint density at radius 2 is 2.33 bits per heavy atom. The second-order valence-electron chi connectivity index (χ2n) is 2.16. The minimum Gasteiger partial charge on any atom is -0.392 e. The van der Waals surface area contributed by atoms with Crippen molar-refractivity contribution < 1.29 is 14.2 Å². The topological polar surface area (TPSA) is 29.5 Å². The fourth-order valence-corrected chi connectivity index (χ4v) is 0.679. The molecule has 0 radical (unpaired) electrons. The van der Waals surface area contributed by atoms with E-state index in [2.05, 4.69) is 11.3 Å². The lowest BCUT2D eigenvalue weighted by Crippen LogP contribution is -1.92. The van der Waals surface area contributed by atoms with Crippen LogP contribution in [0.4, 0.5) is 4.39 Å². The summed E-state index contributed by atoms with van der Waals surface area (Å²) in [5, 5.41) is 8.71. The maximum absolute atomic E-state index is 12.7. The third-order valence-corrected chi connectivity index (χ3v) is 1.14. The van der Waals surface area contributed by atoms with Gasteiger partial charge >= 0.3 is 0 Å². The molecule has 0 fully saturated rings. The van der Waals surface area contributed by atoms with Crippen LogP contribution in [0.3, 0.4) is 0 Å². The Hall–Kier alpha value is -0.930. The van der Waals surface area contributed by atoms with E-state index < -0.39 is 5.83 Å². The lowest BCUT2D eigenvalue weighted by atomic mass is 10.2. The Morgan fingerprint density at radius 1 is 1.67 bits per heavy atom. The van der Waals surface area contributed by atoms with Crippen LogP contribution in [-0.4, -0.2) is 25.4 Å². The molecule has 1 N–H and O–H groups in total. The SMILES string of the molecule is C=C/C=C(\C=C(\F)COC)CO. The van der Waals surface area contributed by atoms with E-state index in [9.17, 15) is 4.39 Å². The highest BCUT2D eigenvalue weighted by Gasteiger charge is 1.95. The van der Waals surface area contributed by atoms with Crippen LogP contribution in [0.25, 0.3) is 0 Å². The van der Waals surface area contributed by atoms with E-state index in [1.165, 1.54) is 25.3 Å². The van der Waals surface area contributed by atoms with Crippen LogP contribution >= 0.6 is 0 Å². The van der Waals surface area contributed by atoms with Gasteiger partial charge in [-0.25, -0.2) is 4.39 Å². The van der Waals surface area contributed by atoms with Crippen molar-refractivity contribution in [2.45, 2.75) is 0 Å². The molecule has 0 aliphatic carbocycles. The van der Waals surface area contributed by atoms with Crippen molar-refractivity contribution in [2.75, 3.05) is 20.3 Å². The molecule has 0 bridgehead atoms. The average molecular weight is 172 g/mol. The van der Waals surface area contributed by atoms with Gasteiger partial charge in [0, 0.05) is 7.11 Å². The van der Waals surface area contributed by atoms with Crippen LogP contribution in [0.5, 0.6) is 0 Å². The molecule has 2 nitrogen and oxygen atoms in total. The summed E-state index contributed by atoms with van der Waals surface area (Å²) in [7, 11) is 1.41. The van der Waals surface area contributed by atoms with Crippen molar-refractivity contribution in [3.8, 4) is 0 Å². The average Bonchev–Trinajstić information content (AvgIpc) is 2.04. The molecule has 0 heterocycles. The largest absolute Gasteiger partial charge is 0.392 e. The van der Waals surface area contributed by atoms with Crippen LogP contribution in [-0.2, 0) is 4.74 Å². The Kier molecular flexibility index (Phi) is 6.24. The van der Waals surface area contributed by atoms with E-state index in [4.69, 9.17) is 5.11 Å². The molecule has 3 heteroatoms. The van der Waals surface area contributed by atoms with Crippen LogP contribution in [0.1, 0.15) is 0 Å². The van der Waals surface area contributed by atoms with Gasteiger partial charge in [-0.1, -0.05) is 18.7 Å². The van der Waals surface area contributed by atoms with E-state index in [-0.39, 0.29) is 13.2 Å². The number of hydrogen-bond donors (Lipinski definition) is 1. The minimum atomic E-state index is -0.417. The van der Waals surface area contributed by atoms with Crippen molar-refractivity contribution in [1.82, 2.24) is 0 Å². The number of halogens is 1. The number of methoxy groups -OCH3 is 1. The molecular weight excluding hydrogens is 159 g/mol. The summed E-state index contributed by atoms with van der Waals surface area (Å²) in [6, 6.07) is 0. The highest BCUT2D eigenvalue weighted by atomic mass is 19.1. The summed E-state index contributed by atoms with van der Waals surface area (Å²) in [5.41, 5.74) is 0.472. The molecule has 0 amide bonds. The van der Waals surface area contributed by atoms with E-state index in [0.29, 0.717) is 5.57 Å². The molecule has 0 rings (SSSR count). The molecule has 0 aromatic carbocycles. The summed E-state index contributed by atoms with van der Waals surface area (Å²) in [4.78, 5) is 0. The molecular formula is C9H13FO2. The van der Waals surface area contributed by atoms with Crippen molar-refractivity contribution >= 4 is 0 Å². The number of ether oxygens (including phenoxy) is 1. The maximum Gasteiger partial charge on any atom is 0.126 e. The first-order valence-corrected chi connectivity index (χ1v) is 3.52. The van der Waals surface area contributed by atoms with Crippen LogP contribution in [0.2, 0.25) is 0 Å². The van der Waals surface area contributed by atoms with Gasteiger partial charge in [-0.2, -0.15) is 0 Å². The normalized spacial score (nSPS) is 13.2. The third kappa shape index (κ3) is 4.82. The Balaban J connectivity index is 4.24. The molecule has 0 aromatic heterocycles. The molecule has 0 saturated heterocycles. The second kappa shape index (κ2) is 6.76. The van der Waals surface area contributed by atoms with Gasteiger partial charge < -0.3 is 9.84 Å². The fourth-order valence-electron chi connectivity index (χ4n) is 0.679. The van der Waals surface area contributed by atoms with Gasteiger partial charge in [0.15, 0.2) is 0 Å². The smallest absolute Gasteiger partial charge is 0.126 e. The number of aliphatic hydroxyl groups is 1. The predicted octanol–water partition coefficient (Wildman–Crippen LogP) is 1.59. The van der Waals surface area contributed by atoms with Crippen LogP contribution in [0, 0.1) is 0 Å². The van der Waals surface area contributed by atoms with Gasteiger partial charge in [-0.05, 0) is 11.6 Å². The van der Waals surface area contributed by atoms with E-state index >= 15 is 0 Å². The van der Waals surface area contributed by atoms with Gasteiger partial charge in [-0.15, -0.1) is 0 Å². The monoisotopic (exact) mass is 172 g/mol. The molecule has 0 saturated carbocycles. The lowest BCUT2D eigenvalue weighted by molar-refractivity contribution is 0.206. The quantitative estimate of drug-likeness (QED) is 0.638. The molecule has 12 heavy (non-hydrogen) atoms. The zero-order chi connectivity index (χ0) is 9.40. The van der Waals surface area contributed by atoms with Crippen LogP contribution in [0.15, 0.2) is 36.2 Å². The summed E-state index contributed by atoms with van der Waals surface area (Å²) in [5.74, 6) is -0.417. The lowest BCUT2D eigenvalue weighted by Gasteiger charge is -1.97. The van der Waals surface area contributed by atoms with Crippen molar-refractivity contribution in [3.63, 3.8) is 0 Å². The van der Waals surface area contributed by atoms with E-state index in [1.54, 1.807) is 0 Å². The summed E-state index contributed by atoms with van der Waals surface area (Å²) >= 11 is 0. The molecule has 0 aliphatic rings. The Morgan fingerprint density at radius 3 is 2.75 bits per heavy atom. The maximum atomic E-state index is 12.7. The zero-order valence-corrected chi connectivity index (χ0v) is 7.09. The molecule has 0 spiro atoms. The van der Waals surface area contributed by atoms with Gasteiger partial charge in [-0.3, -0.25) is 0 Å². The number of hydrogen-bond acceptors (Lipinski definition) is 2. The summed E-state index contributed by atoms with van der Waals surface area (Å²) in [6.45, 7) is 3.15. The van der Waals surface area contributed by atoms with Gasteiger partial charge in [0.2, 0.25) is 0 Å². The van der Waals surface area contributed by atoms with Gasteiger partial charge in [0.1, 0.15) is 5.83 Å². The first-order valence-electron chi connectivity index (χ1n) is 3.52. The third-order valence-electron chi connectivity index (χ3n) is 1.14. The van der Waals surface area contributed by atoms with Crippen molar-refractivity contribution in [3.05, 3.63) is 36.2 Å². The second-order valence-corrected chi connectivity index (χ2v) is 2.16. The van der Waals surface area contributed by atoms with E-state index in [1.807, 2.05) is 0 Å². The molecule has 0 aromatic rings. The Bertz CT molecular complexity index is 195. The fraction of sp³-hybridized carbons (Fsp3) is 0.333. The first-order chi connectivity index (χ1) is 5.74. The van der Waals surface area contributed by atoms with Gasteiger partial charge in [0.25, 0.3) is 0 Å². The minimum absolute atomic E-state index is 0.0749. The molecule has 0 aliphatic heterocycles. The zero-order valence-electron chi connectivity index (χ0n) is 7.09. The first kappa shape index (κ1) is 11.1. The predicted molar refractivity (Wildman–Crippen MR) is 46.4 cm³/mol. The highest BCUT2D eigenvalue weighted by molar-refractivity contribution is 5.25. The number of allylic oxidation sites excluding steroid dienone is 2.